The second kappa shape index (κ2) is 9.45. The normalized spacial score (nSPS) is 14.2. The number of hydrogen-bond acceptors (Lipinski definition) is 6. The van der Waals surface area contributed by atoms with Crippen molar-refractivity contribution in [3.63, 3.8) is 0 Å². The molecule has 2 aromatic rings. The highest BCUT2D eigenvalue weighted by Gasteiger charge is 2.21. The van der Waals surface area contributed by atoms with Gasteiger partial charge in [-0.1, -0.05) is 23.9 Å². The lowest BCUT2D eigenvalue weighted by atomic mass is 10.2. The number of nitrogens with two attached hydrogens (primary N) is 1. The van der Waals surface area contributed by atoms with Gasteiger partial charge >= 0.3 is 0 Å². The number of nitrogens with zero attached hydrogens (tertiary/aromatic N) is 3. The van der Waals surface area contributed by atoms with Crippen molar-refractivity contribution in [1.82, 2.24) is 9.80 Å². The molecular formula is C21H22N4O4S. The summed E-state index contributed by atoms with van der Waals surface area (Å²) in [5, 5.41) is 11.5. The predicted molar refractivity (Wildman–Crippen MR) is 116 cm³/mol. The first kappa shape index (κ1) is 21.4. The molecule has 2 amide bonds. The van der Waals surface area contributed by atoms with Crippen molar-refractivity contribution < 1.29 is 14.5 Å². The van der Waals surface area contributed by atoms with Crippen LogP contribution in [0.2, 0.25) is 0 Å². The van der Waals surface area contributed by atoms with Crippen molar-refractivity contribution in [2.75, 3.05) is 31.9 Å². The summed E-state index contributed by atoms with van der Waals surface area (Å²) in [7, 11) is 0. The van der Waals surface area contributed by atoms with Gasteiger partial charge in [-0.3, -0.25) is 19.7 Å². The quantitative estimate of drug-likeness (QED) is 0.341. The van der Waals surface area contributed by atoms with E-state index in [2.05, 4.69) is 0 Å². The van der Waals surface area contributed by atoms with E-state index < -0.39 is 4.92 Å². The molecule has 0 aliphatic carbocycles. The number of nitro groups is 1. The third kappa shape index (κ3) is 5.38. The summed E-state index contributed by atoms with van der Waals surface area (Å²) in [4.78, 5) is 39.5. The molecule has 156 valence electrons. The molecule has 1 heterocycles. The SMILES string of the molecule is CC(=O)N1CCN(C(=O)/C=C/c2ccc(Sc3cccc(N)c3)c([N+](=O)[O-])c2)CC1. The number of nitrogen functional groups attached to an aromatic ring is 1. The molecule has 9 heteroatoms. The molecule has 8 nitrogen and oxygen atoms in total. The molecule has 1 saturated heterocycles. The summed E-state index contributed by atoms with van der Waals surface area (Å²) in [5.74, 6) is -0.180. The molecule has 1 fully saturated rings. The van der Waals surface area contributed by atoms with E-state index in [1.54, 1.807) is 46.2 Å². The number of anilines is 1. The third-order valence-corrected chi connectivity index (χ3v) is 5.78. The van der Waals surface area contributed by atoms with Crippen molar-refractivity contribution in [2.24, 2.45) is 0 Å². The van der Waals surface area contributed by atoms with Gasteiger partial charge in [-0.2, -0.15) is 0 Å². The highest BCUT2D eigenvalue weighted by atomic mass is 32.2. The number of carbonyl (C=O) groups excluding carboxylic acids is 2. The first-order valence-electron chi connectivity index (χ1n) is 9.38. The van der Waals surface area contributed by atoms with Crippen LogP contribution in [-0.4, -0.2) is 52.7 Å². The summed E-state index contributed by atoms with van der Waals surface area (Å²) < 4.78 is 0. The number of amides is 2. The maximum atomic E-state index is 12.4. The molecule has 3 rings (SSSR count). The van der Waals surface area contributed by atoms with Gasteiger partial charge in [0.25, 0.3) is 5.69 Å². The van der Waals surface area contributed by atoms with Gasteiger partial charge in [-0.15, -0.1) is 0 Å². The zero-order valence-corrected chi connectivity index (χ0v) is 17.3. The summed E-state index contributed by atoms with van der Waals surface area (Å²) >= 11 is 1.26. The van der Waals surface area contributed by atoms with Crippen LogP contribution in [0.3, 0.4) is 0 Å². The molecular weight excluding hydrogens is 404 g/mol. The molecule has 1 aliphatic rings. The van der Waals surface area contributed by atoms with E-state index in [9.17, 15) is 19.7 Å². The van der Waals surface area contributed by atoms with Crippen LogP contribution in [0.15, 0.2) is 58.3 Å². The first-order valence-corrected chi connectivity index (χ1v) is 10.2. The third-order valence-electron chi connectivity index (χ3n) is 4.72. The summed E-state index contributed by atoms with van der Waals surface area (Å²) in [6.45, 7) is 3.48. The lowest BCUT2D eigenvalue weighted by Gasteiger charge is -2.33. The van der Waals surface area contributed by atoms with Gasteiger partial charge in [0, 0.05) is 55.8 Å². The molecule has 2 aromatic carbocycles. The number of hydrogen-bond donors (Lipinski definition) is 1. The molecule has 0 aromatic heterocycles. The second-order valence-corrected chi connectivity index (χ2v) is 7.94. The Hall–Kier alpha value is -3.33. The smallest absolute Gasteiger partial charge is 0.283 e. The Bertz CT molecular complexity index is 1000. The van der Waals surface area contributed by atoms with Gasteiger partial charge in [0.1, 0.15) is 0 Å². The summed E-state index contributed by atoms with van der Waals surface area (Å²) in [6.07, 6.45) is 2.98. The minimum absolute atomic E-state index is 0.00102. The molecule has 0 spiro atoms. The van der Waals surface area contributed by atoms with Crippen LogP contribution in [0.1, 0.15) is 12.5 Å². The number of benzene rings is 2. The maximum absolute atomic E-state index is 12.4. The van der Waals surface area contributed by atoms with E-state index in [4.69, 9.17) is 5.73 Å². The highest BCUT2D eigenvalue weighted by molar-refractivity contribution is 7.99. The van der Waals surface area contributed by atoms with Crippen LogP contribution < -0.4 is 5.73 Å². The van der Waals surface area contributed by atoms with Crippen LogP contribution in [0, 0.1) is 10.1 Å². The van der Waals surface area contributed by atoms with E-state index in [0.717, 1.165) is 4.90 Å². The minimum atomic E-state index is -0.436. The number of nitro benzene ring substituents is 1. The van der Waals surface area contributed by atoms with Crippen LogP contribution in [-0.2, 0) is 9.59 Å². The fourth-order valence-electron chi connectivity index (χ4n) is 3.09. The van der Waals surface area contributed by atoms with Crippen molar-refractivity contribution >= 4 is 41.0 Å². The van der Waals surface area contributed by atoms with Crippen LogP contribution in [0.5, 0.6) is 0 Å². The van der Waals surface area contributed by atoms with E-state index in [0.29, 0.717) is 42.3 Å². The predicted octanol–water partition coefficient (Wildman–Crippen LogP) is 3.03. The molecule has 0 saturated carbocycles. The first-order chi connectivity index (χ1) is 14.3. The standard InChI is InChI=1S/C21H22N4O4S/c1-15(26)23-9-11-24(12-10-23)21(27)8-6-16-5-7-20(19(13-16)25(28)29)30-18-4-2-3-17(22)14-18/h2-8,13-14H,9-12,22H2,1H3/b8-6+. The highest BCUT2D eigenvalue weighted by Crippen LogP contribution is 2.36. The number of rotatable bonds is 5. The zero-order valence-electron chi connectivity index (χ0n) is 16.5. The fourth-order valence-corrected chi connectivity index (χ4v) is 4.06. The Morgan fingerprint density at radius 2 is 1.80 bits per heavy atom. The van der Waals surface area contributed by atoms with Crippen molar-refractivity contribution in [1.29, 1.82) is 0 Å². The van der Waals surface area contributed by atoms with Gasteiger partial charge < -0.3 is 15.5 Å². The largest absolute Gasteiger partial charge is 0.399 e. The Labute approximate surface area is 178 Å². The second-order valence-electron chi connectivity index (χ2n) is 6.82. The Balaban J connectivity index is 1.70. The number of piperazine rings is 1. The maximum Gasteiger partial charge on any atom is 0.283 e. The van der Waals surface area contributed by atoms with Gasteiger partial charge in [0.15, 0.2) is 0 Å². The average molecular weight is 426 g/mol. The Morgan fingerprint density at radius 1 is 1.10 bits per heavy atom. The average Bonchev–Trinajstić information content (AvgIpc) is 2.72. The van der Waals surface area contributed by atoms with Crippen LogP contribution >= 0.6 is 11.8 Å². The van der Waals surface area contributed by atoms with Gasteiger partial charge in [-0.05, 0) is 35.9 Å². The van der Waals surface area contributed by atoms with Crippen LogP contribution in [0.4, 0.5) is 11.4 Å². The van der Waals surface area contributed by atoms with Gasteiger partial charge in [0.2, 0.25) is 11.8 Å². The van der Waals surface area contributed by atoms with Crippen molar-refractivity contribution in [3.8, 4) is 0 Å². The fraction of sp³-hybridized carbons (Fsp3) is 0.238. The zero-order chi connectivity index (χ0) is 21.7. The van der Waals surface area contributed by atoms with Gasteiger partial charge in [-0.25, -0.2) is 0 Å². The Morgan fingerprint density at radius 3 is 2.43 bits per heavy atom. The van der Waals surface area contributed by atoms with E-state index in [1.807, 2.05) is 6.07 Å². The molecule has 30 heavy (non-hydrogen) atoms. The van der Waals surface area contributed by atoms with E-state index >= 15 is 0 Å². The lowest BCUT2D eigenvalue weighted by molar-refractivity contribution is -0.387. The summed E-state index contributed by atoms with van der Waals surface area (Å²) in [6, 6.07) is 12.0. The molecule has 0 unspecified atom stereocenters. The van der Waals surface area contributed by atoms with E-state index in [1.165, 1.54) is 30.8 Å². The summed E-state index contributed by atoms with van der Waals surface area (Å²) in [5.41, 5.74) is 6.89. The molecule has 0 atom stereocenters. The Kier molecular flexibility index (Phi) is 6.73. The monoisotopic (exact) mass is 426 g/mol. The topological polar surface area (TPSA) is 110 Å². The minimum Gasteiger partial charge on any atom is -0.399 e. The molecule has 0 radical (unpaired) electrons. The van der Waals surface area contributed by atoms with Gasteiger partial charge in [0.05, 0.1) is 9.82 Å². The van der Waals surface area contributed by atoms with Crippen LogP contribution in [0.25, 0.3) is 6.08 Å². The van der Waals surface area contributed by atoms with Crippen molar-refractivity contribution in [2.45, 2.75) is 16.7 Å². The number of carbonyl (C=O) groups is 2. The molecule has 1 aliphatic heterocycles. The van der Waals surface area contributed by atoms with E-state index in [-0.39, 0.29) is 17.5 Å². The lowest BCUT2D eigenvalue weighted by Crippen LogP contribution is -2.49. The molecule has 2 N–H and O–H groups in total. The molecule has 0 bridgehead atoms. The van der Waals surface area contributed by atoms with Crippen molar-refractivity contribution in [3.05, 3.63) is 64.2 Å².